The molecular weight excluding hydrogens is 364 g/mol. The number of furan rings is 1. The van der Waals surface area contributed by atoms with Gasteiger partial charge in [0.15, 0.2) is 0 Å². The van der Waals surface area contributed by atoms with Gasteiger partial charge in [-0.25, -0.2) is 0 Å². The first-order valence-corrected chi connectivity index (χ1v) is 10.6. The summed E-state index contributed by atoms with van der Waals surface area (Å²) in [5.74, 6) is 3.77. The zero-order valence-electron chi connectivity index (χ0n) is 17.3. The van der Waals surface area contributed by atoms with E-state index < -0.39 is 0 Å². The maximum absolute atomic E-state index is 12.4. The second-order valence-electron chi connectivity index (χ2n) is 8.17. The molecule has 154 valence electrons. The molecule has 2 heterocycles. The molecule has 0 radical (unpaired) electrons. The Bertz CT molecular complexity index is 867. The van der Waals surface area contributed by atoms with Crippen molar-refractivity contribution in [3.63, 3.8) is 0 Å². The standard InChI is InChI=1S/C24H30N2O3/c1-17-14-21(17)23-10-8-19(29-23)9-11-24(27)25-16-22(26-12-3-4-13-26)18-6-5-7-20(15-18)28-2/h5-11,15,17,21-22H,3-4,12-14,16H2,1-2H3,(H,25,27)/b11-9+. The van der Waals surface area contributed by atoms with E-state index in [0.717, 1.165) is 30.4 Å². The van der Waals surface area contributed by atoms with Crippen LogP contribution in [0.2, 0.25) is 0 Å². The van der Waals surface area contributed by atoms with Crippen molar-refractivity contribution in [3.05, 3.63) is 59.6 Å². The topological polar surface area (TPSA) is 54.7 Å². The monoisotopic (exact) mass is 394 g/mol. The van der Waals surface area contributed by atoms with E-state index in [2.05, 4.69) is 29.3 Å². The summed E-state index contributed by atoms with van der Waals surface area (Å²) in [6.07, 6.45) is 6.91. The van der Waals surface area contributed by atoms with Crippen LogP contribution >= 0.6 is 0 Å². The van der Waals surface area contributed by atoms with Crippen LogP contribution in [0.1, 0.15) is 55.2 Å². The number of benzene rings is 1. The highest BCUT2D eigenvalue weighted by Gasteiger charge is 2.36. The van der Waals surface area contributed by atoms with Crippen molar-refractivity contribution >= 4 is 12.0 Å². The van der Waals surface area contributed by atoms with Crippen molar-refractivity contribution in [1.82, 2.24) is 10.2 Å². The number of nitrogens with zero attached hydrogens (tertiary/aromatic N) is 1. The molecule has 1 saturated carbocycles. The molecule has 2 fully saturated rings. The fourth-order valence-corrected chi connectivity index (χ4v) is 4.15. The van der Waals surface area contributed by atoms with Gasteiger partial charge in [-0.2, -0.15) is 0 Å². The summed E-state index contributed by atoms with van der Waals surface area (Å²) >= 11 is 0. The van der Waals surface area contributed by atoms with Gasteiger partial charge in [0.25, 0.3) is 0 Å². The quantitative estimate of drug-likeness (QED) is 0.675. The summed E-state index contributed by atoms with van der Waals surface area (Å²) in [6.45, 7) is 4.92. The van der Waals surface area contributed by atoms with Gasteiger partial charge >= 0.3 is 0 Å². The molecule has 29 heavy (non-hydrogen) atoms. The van der Waals surface area contributed by atoms with Crippen molar-refractivity contribution in [1.29, 1.82) is 0 Å². The van der Waals surface area contributed by atoms with Gasteiger partial charge in [0.2, 0.25) is 5.91 Å². The van der Waals surface area contributed by atoms with Gasteiger partial charge in [-0.15, -0.1) is 0 Å². The molecule has 2 aromatic rings. The molecular formula is C24H30N2O3. The van der Waals surface area contributed by atoms with E-state index in [0.29, 0.717) is 18.4 Å². The van der Waals surface area contributed by atoms with Crippen molar-refractivity contribution < 1.29 is 13.9 Å². The maximum Gasteiger partial charge on any atom is 0.244 e. The van der Waals surface area contributed by atoms with E-state index in [-0.39, 0.29) is 11.9 Å². The third-order valence-electron chi connectivity index (χ3n) is 6.05. The highest BCUT2D eigenvalue weighted by Crippen LogP contribution is 2.47. The summed E-state index contributed by atoms with van der Waals surface area (Å²) in [4.78, 5) is 14.9. The van der Waals surface area contributed by atoms with E-state index in [1.165, 1.54) is 24.8 Å². The first-order chi connectivity index (χ1) is 14.1. The number of hydrogen-bond acceptors (Lipinski definition) is 4. The maximum atomic E-state index is 12.4. The van der Waals surface area contributed by atoms with Crippen LogP contribution in [-0.2, 0) is 4.79 Å². The number of amides is 1. The number of ether oxygens (including phenoxy) is 1. The average Bonchev–Trinajstić information content (AvgIpc) is 3.15. The van der Waals surface area contributed by atoms with Gasteiger partial charge in [0.1, 0.15) is 17.3 Å². The summed E-state index contributed by atoms with van der Waals surface area (Å²) < 4.78 is 11.2. The molecule has 3 unspecified atom stereocenters. The van der Waals surface area contributed by atoms with Crippen molar-refractivity contribution in [2.45, 2.75) is 38.1 Å². The Kier molecular flexibility index (Phi) is 6.05. The Balaban J connectivity index is 1.37. The van der Waals surface area contributed by atoms with Gasteiger partial charge in [-0.3, -0.25) is 9.69 Å². The average molecular weight is 395 g/mol. The van der Waals surface area contributed by atoms with Crippen LogP contribution in [0.4, 0.5) is 0 Å². The Morgan fingerprint density at radius 1 is 1.31 bits per heavy atom. The Hall–Kier alpha value is -2.53. The lowest BCUT2D eigenvalue weighted by Crippen LogP contribution is -2.36. The smallest absolute Gasteiger partial charge is 0.244 e. The van der Waals surface area contributed by atoms with Crippen LogP contribution in [0.15, 0.2) is 46.9 Å². The largest absolute Gasteiger partial charge is 0.497 e. The molecule has 1 aliphatic carbocycles. The fourth-order valence-electron chi connectivity index (χ4n) is 4.15. The lowest BCUT2D eigenvalue weighted by molar-refractivity contribution is -0.116. The minimum Gasteiger partial charge on any atom is -0.497 e. The first kappa shape index (κ1) is 19.8. The molecule has 4 rings (SSSR count). The number of likely N-dealkylation sites (tertiary alicyclic amines) is 1. The van der Waals surface area contributed by atoms with Crippen LogP contribution < -0.4 is 10.1 Å². The predicted octanol–water partition coefficient (Wildman–Crippen LogP) is 4.38. The van der Waals surface area contributed by atoms with Gasteiger partial charge in [0, 0.05) is 18.5 Å². The molecule has 2 aliphatic rings. The molecule has 1 N–H and O–H groups in total. The van der Waals surface area contributed by atoms with E-state index in [1.54, 1.807) is 19.3 Å². The minimum absolute atomic E-state index is 0.102. The first-order valence-electron chi connectivity index (χ1n) is 10.6. The molecule has 1 saturated heterocycles. The number of hydrogen-bond donors (Lipinski definition) is 1. The highest BCUT2D eigenvalue weighted by molar-refractivity contribution is 5.91. The lowest BCUT2D eigenvalue weighted by Gasteiger charge is -2.28. The van der Waals surface area contributed by atoms with Crippen LogP contribution in [0.25, 0.3) is 6.08 Å². The summed E-state index contributed by atoms with van der Waals surface area (Å²) in [6, 6.07) is 12.2. The molecule has 0 spiro atoms. The van der Waals surface area contributed by atoms with Crippen LogP contribution in [-0.4, -0.2) is 37.6 Å². The molecule has 3 atom stereocenters. The molecule has 1 aromatic carbocycles. The second kappa shape index (κ2) is 8.87. The molecule has 0 bridgehead atoms. The van der Waals surface area contributed by atoms with E-state index in [1.807, 2.05) is 24.3 Å². The second-order valence-corrected chi connectivity index (χ2v) is 8.17. The van der Waals surface area contributed by atoms with Gasteiger partial charge in [-0.1, -0.05) is 19.1 Å². The fraction of sp³-hybridized carbons (Fsp3) is 0.458. The molecule has 5 heteroatoms. The van der Waals surface area contributed by atoms with Gasteiger partial charge < -0.3 is 14.5 Å². The molecule has 1 aliphatic heterocycles. The zero-order chi connectivity index (χ0) is 20.2. The Labute approximate surface area is 172 Å². The van der Waals surface area contributed by atoms with Crippen LogP contribution in [0.3, 0.4) is 0 Å². The molecule has 5 nitrogen and oxygen atoms in total. The lowest BCUT2D eigenvalue weighted by atomic mass is 10.0. The third-order valence-corrected chi connectivity index (χ3v) is 6.05. The summed E-state index contributed by atoms with van der Waals surface area (Å²) in [5.41, 5.74) is 1.17. The normalized spacial score (nSPS) is 22.7. The van der Waals surface area contributed by atoms with Crippen LogP contribution in [0, 0.1) is 5.92 Å². The summed E-state index contributed by atoms with van der Waals surface area (Å²) in [7, 11) is 1.68. The van der Waals surface area contributed by atoms with E-state index in [4.69, 9.17) is 9.15 Å². The number of nitrogens with one attached hydrogen (secondary N) is 1. The van der Waals surface area contributed by atoms with E-state index >= 15 is 0 Å². The summed E-state index contributed by atoms with van der Waals surface area (Å²) in [5, 5.41) is 3.06. The third kappa shape index (κ3) is 4.91. The van der Waals surface area contributed by atoms with Gasteiger partial charge in [-0.05, 0) is 74.2 Å². The molecule has 1 amide bonds. The van der Waals surface area contributed by atoms with Gasteiger partial charge in [0.05, 0.1) is 13.2 Å². The number of carbonyl (C=O) groups excluding carboxylic acids is 1. The van der Waals surface area contributed by atoms with Crippen LogP contribution in [0.5, 0.6) is 5.75 Å². The molecule has 1 aromatic heterocycles. The SMILES string of the molecule is COc1cccc(C(CNC(=O)/C=C/c2ccc(C3CC3C)o2)N2CCCC2)c1. The number of carbonyl (C=O) groups is 1. The number of rotatable bonds is 8. The highest BCUT2D eigenvalue weighted by atomic mass is 16.5. The Morgan fingerprint density at radius 3 is 2.83 bits per heavy atom. The van der Waals surface area contributed by atoms with Crippen molar-refractivity contribution in [2.24, 2.45) is 5.92 Å². The predicted molar refractivity (Wildman–Crippen MR) is 114 cm³/mol. The Morgan fingerprint density at radius 2 is 2.10 bits per heavy atom. The minimum atomic E-state index is -0.102. The zero-order valence-corrected chi connectivity index (χ0v) is 17.3. The van der Waals surface area contributed by atoms with Crippen molar-refractivity contribution in [2.75, 3.05) is 26.7 Å². The number of methoxy groups -OCH3 is 1. The van der Waals surface area contributed by atoms with Crippen molar-refractivity contribution in [3.8, 4) is 5.75 Å². The van der Waals surface area contributed by atoms with E-state index in [9.17, 15) is 4.79 Å².